The monoisotopic (exact) mass is 424 g/mol. The molecule has 0 spiro atoms. The van der Waals surface area contributed by atoms with E-state index in [1.165, 1.54) is 16.2 Å². The van der Waals surface area contributed by atoms with Gasteiger partial charge in [0.25, 0.3) is 5.56 Å². The number of rotatable bonds is 6. The minimum absolute atomic E-state index is 0.00497. The number of aliphatic hydroxyl groups excluding tert-OH is 1. The highest BCUT2D eigenvalue weighted by Crippen LogP contribution is 2.18. The van der Waals surface area contributed by atoms with Crippen molar-refractivity contribution in [1.82, 2.24) is 19.1 Å². The first-order chi connectivity index (χ1) is 12.4. The number of halogens is 1. The Morgan fingerprint density at radius 1 is 1.38 bits per heavy atom. The lowest BCUT2D eigenvalue weighted by atomic mass is 10.3. The van der Waals surface area contributed by atoms with Crippen LogP contribution in [0.4, 0.5) is 5.95 Å². The number of nitrogens with zero attached hydrogens (tertiary/aromatic N) is 3. The molecule has 0 aliphatic carbocycles. The van der Waals surface area contributed by atoms with Crippen LogP contribution in [-0.4, -0.2) is 36.9 Å². The molecule has 11 heteroatoms. The number of aryl methyl sites for hydroxylation is 1. The number of hydrogen-bond acceptors (Lipinski definition) is 7. The lowest BCUT2D eigenvalue weighted by molar-refractivity contribution is 0.0938. The highest BCUT2D eigenvalue weighted by molar-refractivity contribution is 9.10. The molecule has 138 valence electrons. The van der Waals surface area contributed by atoms with Crippen LogP contribution in [0.5, 0.6) is 5.75 Å². The Bertz CT molecular complexity index is 1040. The number of hydrazine groups is 1. The fourth-order valence-electron chi connectivity index (χ4n) is 2.51. The van der Waals surface area contributed by atoms with Crippen molar-refractivity contribution in [2.45, 2.75) is 12.6 Å². The average Bonchev–Trinajstić information content (AvgIpc) is 2.98. The fourth-order valence-corrected chi connectivity index (χ4v) is 2.77. The maximum atomic E-state index is 12.2. The molecule has 0 radical (unpaired) electrons. The summed E-state index contributed by atoms with van der Waals surface area (Å²) < 4.78 is 9.05. The van der Waals surface area contributed by atoms with Crippen molar-refractivity contribution in [1.29, 1.82) is 0 Å². The third kappa shape index (κ3) is 3.49. The van der Waals surface area contributed by atoms with Crippen LogP contribution >= 0.6 is 15.9 Å². The van der Waals surface area contributed by atoms with Gasteiger partial charge in [0.2, 0.25) is 5.95 Å². The van der Waals surface area contributed by atoms with Crippen LogP contribution in [0.15, 0.2) is 38.3 Å². The molecule has 3 aromatic rings. The predicted octanol–water partition coefficient (Wildman–Crippen LogP) is -0.0887. The van der Waals surface area contributed by atoms with Gasteiger partial charge >= 0.3 is 5.69 Å². The summed E-state index contributed by atoms with van der Waals surface area (Å²) in [5.41, 5.74) is 1.46. The van der Waals surface area contributed by atoms with Crippen LogP contribution in [-0.2, 0) is 13.6 Å². The third-order valence-electron chi connectivity index (χ3n) is 3.79. The topological polar surface area (TPSA) is 140 Å². The number of hydrogen-bond donors (Lipinski definition) is 4. The third-order valence-corrected chi connectivity index (χ3v) is 4.31. The highest BCUT2D eigenvalue weighted by atomic mass is 79.9. The van der Waals surface area contributed by atoms with Crippen molar-refractivity contribution in [3.05, 3.63) is 49.6 Å². The van der Waals surface area contributed by atoms with Crippen molar-refractivity contribution in [3.8, 4) is 5.75 Å². The lowest BCUT2D eigenvalue weighted by Gasteiger charge is -2.15. The molecular weight excluding hydrogens is 408 g/mol. The number of fused-ring (bicyclic) bond motifs is 1. The van der Waals surface area contributed by atoms with Gasteiger partial charge in [-0.25, -0.2) is 10.6 Å². The van der Waals surface area contributed by atoms with Crippen molar-refractivity contribution >= 4 is 33.0 Å². The number of nitrogen functional groups attached to an aromatic ring is 1. The predicted molar refractivity (Wildman–Crippen MR) is 99.0 cm³/mol. The van der Waals surface area contributed by atoms with Crippen LogP contribution in [0.2, 0.25) is 0 Å². The highest BCUT2D eigenvalue weighted by Gasteiger charge is 2.19. The summed E-state index contributed by atoms with van der Waals surface area (Å²) in [5, 5.41) is 10.3. The minimum atomic E-state index is -0.945. The molecule has 26 heavy (non-hydrogen) atoms. The summed E-state index contributed by atoms with van der Waals surface area (Å²) in [6.07, 6.45) is -0.945. The van der Waals surface area contributed by atoms with E-state index in [1.54, 1.807) is 12.1 Å². The lowest BCUT2D eigenvalue weighted by Crippen LogP contribution is -2.31. The quantitative estimate of drug-likeness (QED) is 0.320. The second-order valence-corrected chi connectivity index (χ2v) is 6.52. The van der Waals surface area contributed by atoms with Crippen LogP contribution in [0.1, 0.15) is 0 Å². The average molecular weight is 425 g/mol. The number of aromatic nitrogens is 4. The normalized spacial score (nSPS) is 12.3. The van der Waals surface area contributed by atoms with Gasteiger partial charge in [0.1, 0.15) is 18.5 Å². The summed E-state index contributed by atoms with van der Waals surface area (Å²) in [6, 6.07) is 7.16. The SMILES string of the molecule is Cn1c(=O)[nH]c(=O)c2c1nc(NN)n2C[C@H](O)COc1ccc(Br)cc1. The largest absolute Gasteiger partial charge is 0.491 e. The van der Waals surface area contributed by atoms with E-state index in [-0.39, 0.29) is 30.3 Å². The van der Waals surface area contributed by atoms with E-state index >= 15 is 0 Å². The van der Waals surface area contributed by atoms with Crippen molar-refractivity contribution in [3.63, 3.8) is 0 Å². The van der Waals surface area contributed by atoms with Crippen molar-refractivity contribution in [2.24, 2.45) is 12.9 Å². The van der Waals surface area contributed by atoms with Gasteiger partial charge in [-0.05, 0) is 24.3 Å². The zero-order valence-corrected chi connectivity index (χ0v) is 15.4. The summed E-state index contributed by atoms with van der Waals surface area (Å²) in [7, 11) is 1.48. The number of aromatic amines is 1. The van der Waals surface area contributed by atoms with E-state index in [1.807, 2.05) is 12.1 Å². The second-order valence-electron chi connectivity index (χ2n) is 5.60. The van der Waals surface area contributed by atoms with Gasteiger partial charge in [0.15, 0.2) is 11.2 Å². The zero-order valence-electron chi connectivity index (χ0n) is 13.8. The van der Waals surface area contributed by atoms with E-state index in [2.05, 4.69) is 31.3 Å². The van der Waals surface area contributed by atoms with Gasteiger partial charge in [-0.2, -0.15) is 4.98 Å². The Kier molecular flexibility index (Phi) is 5.11. The van der Waals surface area contributed by atoms with E-state index in [0.29, 0.717) is 5.75 Å². The van der Waals surface area contributed by atoms with Gasteiger partial charge < -0.3 is 14.4 Å². The number of ether oxygens (including phenoxy) is 1. The molecule has 0 fully saturated rings. The summed E-state index contributed by atoms with van der Waals surface area (Å²) in [5.74, 6) is 6.20. The molecule has 0 unspecified atom stereocenters. The maximum absolute atomic E-state index is 12.2. The zero-order chi connectivity index (χ0) is 18.8. The first kappa shape index (κ1) is 18.2. The Hall–Kier alpha value is -2.63. The van der Waals surface area contributed by atoms with Gasteiger partial charge in [-0.3, -0.25) is 19.8 Å². The second kappa shape index (κ2) is 7.32. The molecule has 10 nitrogen and oxygen atoms in total. The Balaban J connectivity index is 1.85. The number of nitrogens with two attached hydrogens (primary N) is 1. The van der Waals surface area contributed by atoms with Gasteiger partial charge in [0, 0.05) is 11.5 Å². The molecule has 5 N–H and O–H groups in total. The number of anilines is 1. The van der Waals surface area contributed by atoms with Crippen LogP contribution in [0.3, 0.4) is 0 Å². The molecule has 1 aromatic carbocycles. The molecule has 1 atom stereocenters. The first-order valence-corrected chi connectivity index (χ1v) is 8.42. The van der Waals surface area contributed by atoms with Gasteiger partial charge in [-0.15, -0.1) is 0 Å². The molecule has 0 bridgehead atoms. The molecule has 2 heterocycles. The van der Waals surface area contributed by atoms with Gasteiger partial charge in [-0.1, -0.05) is 15.9 Å². The summed E-state index contributed by atoms with van der Waals surface area (Å²) >= 11 is 3.33. The maximum Gasteiger partial charge on any atom is 0.329 e. The fraction of sp³-hybridized carbons (Fsp3) is 0.267. The Labute approximate surface area is 155 Å². The number of benzene rings is 1. The molecule has 0 saturated heterocycles. The van der Waals surface area contributed by atoms with Crippen LogP contribution in [0, 0.1) is 0 Å². The molecule has 0 saturated carbocycles. The molecule has 0 aliphatic heterocycles. The number of imidazole rings is 1. The van der Waals surface area contributed by atoms with Crippen LogP contribution in [0.25, 0.3) is 11.2 Å². The van der Waals surface area contributed by atoms with E-state index in [0.717, 1.165) is 4.47 Å². The Morgan fingerprint density at radius 2 is 2.08 bits per heavy atom. The molecule has 3 rings (SSSR count). The Morgan fingerprint density at radius 3 is 2.73 bits per heavy atom. The number of nitrogens with one attached hydrogen (secondary N) is 2. The van der Waals surface area contributed by atoms with Crippen LogP contribution < -0.4 is 27.3 Å². The molecule has 0 amide bonds. The summed E-state index contributed by atoms with van der Waals surface area (Å²) in [6.45, 7) is -0.0111. The smallest absolute Gasteiger partial charge is 0.329 e. The van der Waals surface area contributed by atoms with E-state index in [9.17, 15) is 14.7 Å². The number of aliphatic hydroxyl groups is 1. The van der Waals surface area contributed by atoms with Crippen molar-refractivity contribution in [2.75, 3.05) is 12.0 Å². The van der Waals surface area contributed by atoms with Crippen molar-refractivity contribution < 1.29 is 9.84 Å². The molecule has 2 aromatic heterocycles. The minimum Gasteiger partial charge on any atom is -0.491 e. The first-order valence-electron chi connectivity index (χ1n) is 7.63. The molecular formula is C15H17BrN6O4. The number of H-pyrrole nitrogens is 1. The van der Waals surface area contributed by atoms with E-state index in [4.69, 9.17) is 10.6 Å². The molecule has 0 aliphatic rings. The standard InChI is InChI=1S/C15H17BrN6O4/c1-21-12-11(13(24)19-15(21)25)22(14(18-12)20-17)6-9(23)7-26-10-4-2-8(16)3-5-10/h2-5,9,23H,6-7,17H2,1H3,(H,18,20)(H,19,24,25)/t9-/m0/s1. The van der Waals surface area contributed by atoms with E-state index < -0.39 is 17.4 Å². The van der Waals surface area contributed by atoms with Gasteiger partial charge in [0.05, 0.1) is 6.54 Å². The summed E-state index contributed by atoms with van der Waals surface area (Å²) in [4.78, 5) is 30.2.